The first kappa shape index (κ1) is 66.3. The minimum atomic E-state index is -5.15. The van der Waals surface area contributed by atoms with Gasteiger partial charge in [0.25, 0.3) is 0 Å². The van der Waals surface area contributed by atoms with Crippen LogP contribution < -0.4 is 9.47 Å². The van der Waals surface area contributed by atoms with Crippen LogP contribution in [0.1, 0.15) is 24.0 Å². The fourth-order valence-electron chi connectivity index (χ4n) is 11.1. The topological polar surface area (TPSA) is 263 Å². The minimum Gasteiger partial charge on any atom is -0.456 e. The van der Waals surface area contributed by atoms with Crippen molar-refractivity contribution in [2.75, 3.05) is 62.7 Å². The van der Waals surface area contributed by atoms with E-state index in [9.17, 15) is 36.6 Å². The quantitative estimate of drug-likeness (QED) is 0.0534. The van der Waals surface area contributed by atoms with Crippen LogP contribution in [0.2, 0.25) is 61.4 Å². The maximum Gasteiger partial charge on any atom is 0.474 e. The standard InChI is InChI=1S/C31H36ClF3N4O7SSi.C29H37ClN4O6SSi/c1-48(2,3)13-10-43-17-39-22-14-21(32)25(36-28(22)37-30(39)46-24-16-45-26-23(40)15-44-27(24)26)20-6-4-18(5-7-20)19-8-11-47(42,12-9-19)38-29(41)31(33,34)35;1-42(2,3)13-10-37-17-34-22-14-21(30)25(20-6-4-18(5-7-20)19-8-11-41(31,36)12-9-19)32-28(22)33-29(34)40-24-16-39-26-23(35)15-38-27(24)26/h4-8,14,23-24,26-27,40H,9-13,15-17H2,1-3H3;4-8,14,23-24,26-27,31,35H,9-13,15-17H2,1-3H3/t23-,24-,26-,27-,47?;23-,24-,26-,27-,41?/m11/s1. The van der Waals surface area contributed by atoms with Crippen LogP contribution in [0.25, 0.3) is 56.0 Å². The summed E-state index contributed by atoms with van der Waals surface area (Å²) in [5.74, 6) is -2.03. The summed E-state index contributed by atoms with van der Waals surface area (Å²) in [6, 6.07) is 21.4. The average Bonchev–Trinajstić information content (AvgIpc) is 1.60. The number of nitrogens with one attached hydrogen (secondary N) is 1. The molecule has 3 N–H and O–H groups in total. The molecule has 10 heterocycles. The fraction of sp³-hybridized carbons (Fsp3) is 0.517. The van der Waals surface area contributed by atoms with Crippen molar-refractivity contribution in [2.24, 2.45) is 4.36 Å². The molecule has 0 aliphatic carbocycles. The zero-order valence-corrected chi connectivity index (χ0v) is 55.7. The molecular weight excluding hydrogens is 1290 g/mol. The van der Waals surface area contributed by atoms with Gasteiger partial charge in [-0.15, -0.1) is 0 Å². The molecule has 30 heteroatoms. The van der Waals surface area contributed by atoms with E-state index in [0.29, 0.717) is 86.5 Å². The van der Waals surface area contributed by atoms with Crippen LogP contribution in [0.15, 0.2) is 77.2 Å². The van der Waals surface area contributed by atoms with Crippen LogP contribution in [-0.4, -0.2) is 187 Å². The molecule has 12 rings (SSSR count). The number of pyridine rings is 2. The van der Waals surface area contributed by atoms with Gasteiger partial charge < -0.3 is 48.1 Å². The van der Waals surface area contributed by atoms with E-state index >= 15 is 0 Å². The van der Waals surface area contributed by atoms with Crippen LogP contribution in [0.3, 0.4) is 0 Å². The van der Waals surface area contributed by atoms with Crippen LogP contribution in [0, 0.1) is 4.78 Å². The van der Waals surface area contributed by atoms with Gasteiger partial charge in [0, 0.05) is 61.7 Å². The van der Waals surface area contributed by atoms with Crippen LogP contribution >= 0.6 is 23.2 Å². The van der Waals surface area contributed by atoms with Crippen molar-refractivity contribution in [3.63, 3.8) is 0 Å². The third-order valence-corrected chi connectivity index (χ3v) is 23.9. The Hall–Kier alpha value is -5.19. The molecule has 4 aromatic heterocycles. The van der Waals surface area contributed by atoms with Crippen molar-refractivity contribution in [1.29, 1.82) is 4.78 Å². The Kier molecular flexibility index (Phi) is 19.6. The molecule has 2 unspecified atom stereocenters. The van der Waals surface area contributed by atoms with Gasteiger partial charge in [0.2, 0.25) is 0 Å². The number of aliphatic hydroxyl groups excluding tert-OH is 2. The molecule has 2 aromatic carbocycles. The third kappa shape index (κ3) is 15.4. The smallest absolute Gasteiger partial charge is 0.456 e. The van der Waals surface area contributed by atoms with Gasteiger partial charge in [0.05, 0.1) is 80.1 Å². The highest BCUT2D eigenvalue weighted by Gasteiger charge is 2.50. The molecule has 6 aliphatic rings. The summed E-state index contributed by atoms with van der Waals surface area (Å²) in [6.07, 6.45) is -4.84. The Labute approximate surface area is 531 Å². The summed E-state index contributed by atoms with van der Waals surface area (Å²) in [7, 11) is -8.40. The number of benzene rings is 2. The van der Waals surface area contributed by atoms with E-state index in [1.165, 1.54) is 0 Å². The molecule has 90 heavy (non-hydrogen) atoms. The van der Waals surface area contributed by atoms with E-state index in [4.69, 9.17) is 85.8 Å². The number of rotatable bonds is 18. The second-order valence-corrected chi connectivity index (χ2v) is 42.5. The highest BCUT2D eigenvalue weighted by atomic mass is 35.5. The lowest BCUT2D eigenvalue weighted by atomic mass is 10.0. The SMILES string of the molecule is C[Si](C)(C)CCOCn1c(O[C@@H]2CO[C@H]3[C@@H]2OC[C@H]3O)nc2nc(-c3ccc(C4=CCS(=N)(=O)CC4)cc3)c(Cl)cc21.C[Si](C)(C)CCOCn1c(O[C@@H]2CO[C@H]3[C@@H]2OC[C@H]3O)nc2nc(-c3ccc(C4=CCS(=O)(=NC(=O)C(F)(F)F)CC4)cc3)c(Cl)cc21. The van der Waals surface area contributed by atoms with Gasteiger partial charge >= 0.3 is 24.1 Å². The number of imidazole rings is 2. The lowest BCUT2D eigenvalue weighted by Crippen LogP contribution is -2.35. The largest absolute Gasteiger partial charge is 0.474 e. The van der Waals surface area contributed by atoms with E-state index < -0.39 is 90.4 Å². The van der Waals surface area contributed by atoms with Gasteiger partial charge in [-0.2, -0.15) is 27.5 Å². The molecule has 21 nitrogen and oxygen atoms in total. The first-order valence-corrected chi connectivity index (χ1v) is 41.6. The number of carbonyl (C=O) groups is 1. The number of allylic oxidation sites excluding steroid dienone is 2. The minimum absolute atomic E-state index is 0.150. The number of amides is 1. The summed E-state index contributed by atoms with van der Waals surface area (Å²) < 4.78 is 125. The normalized spacial score (nSPS) is 26.9. The molecule has 0 bridgehead atoms. The highest BCUT2D eigenvalue weighted by molar-refractivity contribution is 7.94. The molecule has 0 radical (unpaired) electrons. The van der Waals surface area contributed by atoms with Crippen molar-refractivity contribution < 1.29 is 74.5 Å². The second-order valence-electron chi connectivity index (χ2n) is 25.6. The van der Waals surface area contributed by atoms with Crippen molar-refractivity contribution in [1.82, 2.24) is 29.1 Å². The number of fused-ring (bicyclic) bond motifs is 4. The van der Waals surface area contributed by atoms with E-state index in [0.717, 1.165) is 39.9 Å². The van der Waals surface area contributed by atoms with Gasteiger partial charge in [-0.25, -0.2) is 18.4 Å². The Morgan fingerprint density at radius 3 is 1.44 bits per heavy atom. The van der Waals surface area contributed by atoms with Crippen molar-refractivity contribution in [2.45, 2.75) is 133 Å². The molecule has 6 aliphatic heterocycles. The van der Waals surface area contributed by atoms with Gasteiger partial charge in [-0.3, -0.25) is 18.7 Å². The predicted octanol–water partition coefficient (Wildman–Crippen LogP) is 10.1. The molecule has 1 amide bonds. The van der Waals surface area contributed by atoms with E-state index in [1.807, 2.05) is 65.2 Å². The zero-order valence-electron chi connectivity index (χ0n) is 50.6. The van der Waals surface area contributed by atoms with Gasteiger partial charge in [0.15, 0.2) is 23.5 Å². The number of aromatic nitrogens is 6. The number of halogens is 5. The number of aliphatic hydroxyl groups is 2. The molecule has 4 saturated heterocycles. The van der Waals surface area contributed by atoms with Gasteiger partial charge in [-0.05, 0) is 59.3 Å². The van der Waals surface area contributed by atoms with Crippen molar-refractivity contribution in [3.8, 4) is 34.5 Å². The monoisotopic (exact) mass is 1360 g/mol. The fourth-order valence-corrected chi connectivity index (χ4v) is 16.1. The number of carbonyl (C=O) groups excluding carboxylic acids is 1. The van der Waals surface area contributed by atoms with Gasteiger partial charge in [0.1, 0.15) is 50.1 Å². The number of hydrogen-bond donors (Lipinski definition) is 3. The second kappa shape index (κ2) is 26.7. The van der Waals surface area contributed by atoms with Crippen molar-refractivity contribution >= 4 is 98.2 Å². The lowest BCUT2D eigenvalue weighted by Gasteiger charge is -2.19. The maximum absolute atomic E-state index is 12.7. The van der Waals surface area contributed by atoms with Crippen molar-refractivity contribution in [3.05, 3.63) is 94.0 Å². The summed E-state index contributed by atoms with van der Waals surface area (Å²) in [5, 5.41) is 21.2. The zero-order chi connectivity index (χ0) is 64.1. The molecule has 0 spiro atoms. The Morgan fingerprint density at radius 2 is 1.06 bits per heavy atom. The average molecular weight is 1360 g/mol. The van der Waals surface area contributed by atoms with E-state index in [-0.39, 0.29) is 69.9 Å². The first-order chi connectivity index (χ1) is 42.6. The van der Waals surface area contributed by atoms with Crippen LogP contribution in [-0.2, 0) is 66.1 Å². The van der Waals surface area contributed by atoms with Crippen LogP contribution in [0.4, 0.5) is 13.2 Å². The highest BCUT2D eigenvalue weighted by Crippen LogP contribution is 2.38. The van der Waals surface area contributed by atoms with E-state index in [1.54, 1.807) is 16.7 Å². The Balaban J connectivity index is 0.000000187. The summed E-state index contributed by atoms with van der Waals surface area (Å²) >= 11 is 13.6. The molecule has 10 atom stereocenters. The maximum atomic E-state index is 12.7. The summed E-state index contributed by atoms with van der Waals surface area (Å²) in [5.41, 5.74) is 8.49. The van der Waals surface area contributed by atoms with Crippen LogP contribution in [0.5, 0.6) is 12.0 Å². The molecule has 6 aromatic rings. The Morgan fingerprint density at radius 1 is 0.644 bits per heavy atom. The third-order valence-electron chi connectivity index (χ3n) is 16.4. The molecular formula is C60H73Cl2F3N8O13S2Si2. The summed E-state index contributed by atoms with van der Waals surface area (Å²) in [4.78, 5) is 30.3. The lowest BCUT2D eigenvalue weighted by molar-refractivity contribution is -0.169. The van der Waals surface area contributed by atoms with Gasteiger partial charge in [-0.1, -0.05) is 123 Å². The number of alkyl halides is 3. The summed E-state index contributed by atoms with van der Waals surface area (Å²) in [6.45, 7) is 16.2. The molecule has 4 fully saturated rings. The number of hydrogen-bond acceptors (Lipinski definition) is 18. The number of ether oxygens (including phenoxy) is 8. The molecule has 486 valence electrons. The predicted molar refractivity (Wildman–Crippen MR) is 341 cm³/mol. The Bertz CT molecular complexity index is 3970. The molecule has 0 saturated carbocycles. The first-order valence-electron chi connectivity index (χ1n) is 29.7. The number of nitrogens with zero attached hydrogens (tertiary/aromatic N) is 7. The van der Waals surface area contributed by atoms with E-state index in [2.05, 4.69) is 43.6 Å².